The zero-order valence-corrected chi connectivity index (χ0v) is 32.1. The summed E-state index contributed by atoms with van der Waals surface area (Å²) in [5, 5.41) is 13.4. The number of ether oxygens (including phenoxy) is 1. The van der Waals surface area contributed by atoms with Gasteiger partial charge in [0.25, 0.3) is 11.8 Å². The van der Waals surface area contributed by atoms with Crippen LogP contribution in [0.1, 0.15) is 41.1 Å². The summed E-state index contributed by atoms with van der Waals surface area (Å²) in [5.74, 6) is -7.74. The fraction of sp³-hybridized carbons (Fsp3) is 0.262. The molecule has 3 aromatic carbocycles. The van der Waals surface area contributed by atoms with Gasteiger partial charge in [-0.25, -0.2) is 4.98 Å². The van der Waals surface area contributed by atoms with E-state index in [-0.39, 0.29) is 52.1 Å². The lowest BCUT2D eigenvalue weighted by Gasteiger charge is -2.55. The number of benzene rings is 3. The zero-order valence-electron chi connectivity index (χ0n) is 29.8. The van der Waals surface area contributed by atoms with Gasteiger partial charge < -0.3 is 9.84 Å². The Labute approximate surface area is 332 Å². The number of allylic oxidation sites excluding steroid dienone is 4. The van der Waals surface area contributed by atoms with Gasteiger partial charge in [-0.1, -0.05) is 99.8 Å². The summed E-state index contributed by atoms with van der Waals surface area (Å²) in [4.78, 5) is 63.0. The minimum absolute atomic E-state index is 0.0281. The maximum absolute atomic E-state index is 15.2. The molecule has 4 aromatic rings. The average Bonchev–Trinajstić information content (AvgIpc) is 3.45. The molecule has 0 bridgehead atoms. The third-order valence-electron chi connectivity index (χ3n) is 11.7. The number of methoxy groups -OCH3 is 1. The van der Waals surface area contributed by atoms with Crippen molar-refractivity contribution in [3.8, 4) is 11.5 Å². The molecule has 2 amide bonds. The maximum Gasteiger partial charge on any atom is 0.433 e. The normalized spacial score (nSPS) is 25.9. The van der Waals surface area contributed by atoms with E-state index in [1.165, 1.54) is 20.2 Å². The molecule has 286 valence electrons. The van der Waals surface area contributed by atoms with Gasteiger partial charge in [0, 0.05) is 34.5 Å². The van der Waals surface area contributed by atoms with Gasteiger partial charge in [-0.15, -0.1) is 0 Å². The number of halogens is 5. The molecule has 1 saturated heterocycles. The van der Waals surface area contributed by atoms with E-state index in [9.17, 15) is 27.9 Å². The van der Waals surface area contributed by atoms with Crippen LogP contribution in [0.4, 0.5) is 19.0 Å². The number of ketones is 2. The van der Waals surface area contributed by atoms with Crippen molar-refractivity contribution in [3.05, 3.63) is 135 Å². The number of imide groups is 1. The number of phenolic OH excluding ortho intramolecular Hbond substituents is 1. The Balaban J connectivity index is 1.33. The zero-order chi connectivity index (χ0) is 39.8. The topological polar surface area (TPSA) is 117 Å². The van der Waals surface area contributed by atoms with Crippen LogP contribution in [-0.4, -0.2) is 52.6 Å². The van der Waals surface area contributed by atoms with Crippen molar-refractivity contribution in [1.82, 2.24) is 9.99 Å². The van der Waals surface area contributed by atoms with E-state index in [0.29, 0.717) is 27.2 Å². The van der Waals surface area contributed by atoms with Crippen LogP contribution >= 0.6 is 27.5 Å². The number of amides is 2. The molecule has 2 heterocycles. The first-order valence-corrected chi connectivity index (χ1v) is 18.9. The molecule has 4 aliphatic rings. The number of phenols is 1. The van der Waals surface area contributed by atoms with E-state index >= 15 is 9.59 Å². The second kappa shape index (κ2) is 13.7. The van der Waals surface area contributed by atoms with Crippen molar-refractivity contribution in [3.63, 3.8) is 0 Å². The highest BCUT2D eigenvalue weighted by atomic mass is 79.9. The maximum atomic E-state index is 15.2. The van der Waals surface area contributed by atoms with Gasteiger partial charge in [0.1, 0.15) is 5.69 Å². The second-order valence-electron chi connectivity index (χ2n) is 14.3. The van der Waals surface area contributed by atoms with Crippen molar-refractivity contribution in [2.45, 2.75) is 30.4 Å². The first kappa shape index (κ1) is 37.6. The van der Waals surface area contributed by atoms with E-state index in [1.54, 1.807) is 72.8 Å². The minimum Gasteiger partial charge on any atom is -0.504 e. The molecule has 14 heteroatoms. The fourth-order valence-corrected chi connectivity index (χ4v) is 10.1. The molecule has 1 aliphatic heterocycles. The first-order valence-electron chi connectivity index (χ1n) is 17.7. The summed E-state index contributed by atoms with van der Waals surface area (Å²) in [5.41, 5.74) is -0.789. The summed E-state index contributed by atoms with van der Waals surface area (Å²) >= 11 is 9.85. The highest BCUT2D eigenvalue weighted by Crippen LogP contribution is 2.65. The number of pyridine rings is 1. The molecular formula is C42H32BrClF3N3O6. The average molecular weight is 847 g/mol. The Morgan fingerprint density at radius 1 is 0.964 bits per heavy atom. The third kappa shape index (κ3) is 5.61. The number of rotatable bonds is 6. The molecular weight excluding hydrogens is 815 g/mol. The number of nitrogens with zero attached hydrogens (tertiary/aromatic N) is 3. The summed E-state index contributed by atoms with van der Waals surface area (Å²) in [6.07, 6.45) is -1.65. The molecule has 6 unspecified atom stereocenters. The number of hydrazine groups is 1. The van der Waals surface area contributed by atoms with Crippen molar-refractivity contribution in [2.24, 2.45) is 23.7 Å². The first-order chi connectivity index (χ1) is 26.7. The van der Waals surface area contributed by atoms with Crippen LogP contribution in [0.2, 0.25) is 5.02 Å². The molecule has 9 nitrogen and oxygen atoms in total. The van der Waals surface area contributed by atoms with Gasteiger partial charge >= 0.3 is 6.18 Å². The Bertz CT molecular complexity index is 2390. The highest BCUT2D eigenvalue weighted by molar-refractivity contribution is 9.10. The monoisotopic (exact) mass is 845 g/mol. The number of hydrogen-bond donors (Lipinski definition) is 1. The van der Waals surface area contributed by atoms with Crippen molar-refractivity contribution >= 4 is 62.3 Å². The Kier molecular flexibility index (Phi) is 9.23. The second-order valence-corrected chi connectivity index (χ2v) is 15.7. The minimum atomic E-state index is -4.83. The Morgan fingerprint density at radius 3 is 2.30 bits per heavy atom. The number of carbonyl (C=O) groups excluding carboxylic acids is 4. The van der Waals surface area contributed by atoms with Gasteiger partial charge in [-0.05, 0) is 60.2 Å². The molecule has 1 saturated carbocycles. The van der Waals surface area contributed by atoms with Crippen LogP contribution in [0.3, 0.4) is 0 Å². The smallest absolute Gasteiger partial charge is 0.433 e. The highest BCUT2D eigenvalue weighted by Gasteiger charge is 2.66. The van der Waals surface area contributed by atoms with Crippen molar-refractivity contribution < 1.29 is 42.2 Å². The Hall–Kier alpha value is -5.27. The predicted octanol–water partition coefficient (Wildman–Crippen LogP) is 8.11. The molecule has 6 atom stereocenters. The number of carbonyl (C=O) groups is 4. The summed E-state index contributed by atoms with van der Waals surface area (Å²) < 4.78 is 47.2. The lowest BCUT2D eigenvalue weighted by Crippen LogP contribution is -2.59. The van der Waals surface area contributed by atoms with Gasteiger partial charge in [0.15, 0.2) is 28.9 Å². The number of fused-ring (bicyclic) bond motifs is 4. The molecule has 0 spiro atoms. The number of aromatic nitrogens is 1. The summed E-state index contributed by atoms with van der Waals surface area (Å²) in [6, 6.07) is 22.6. The quantitative estimate of drug-likeness (QED) is 0.153. The summed E-state index contributed by atoms with van der Waals surface area (Å²) in [6.45, 7) is 0. The summed E-state index contributed by atoms with van der Waals surface area (Å²) in [7, 11) is 2.63. The van der Waals surface area contributed by atoms with Gasteiger partial charge in [-0.2, -0.15) is 18.2 Å². The van der Waals surface area contributed by atoms with Crippen LogP contribution in [-0.2, 0) is 30.8 Å². The molecule has 1 N–H and O–H groups in total. The number of anilines is 1. The number of hydrogen-bond acceptors (Lipinski definition) is 8. The fourth-order valence-electron chi connectivity index (χ4n) is 9.38. The van der Waals surface area contributed by atoms with E-state index < -0.39 is 64.5 Å². The van der Waals surface area contributed by atoms with E-state index in [0.717, 1.165) is 16.1 Å². The SMILES string of the molecule is COc1cc(Br)cc(C2C3=CCC4C(=O)N(N(C)c5nc(C(F)(F)F)ccc5Cl)C(=O)C4C3CC3C(=O)C(c4ccccc4)=CC(=O)C32c2ccccc2)c1O. The number of Topliss-reactive ketones (excluding diaryl/α,β-unsaturated/α-hetero) is 1. The van der Waals surface area contributed by atoms with E-state index in [4.69, 9.17) is 16.3 Å². The Morgan fingerprint density at radius 2 is 1.64 bits per heavy atom. The standard InChI is InChI=1S/C42H32BrClF3N3O6/c1-49(38-30(44)15-16-32(48-38)42(45,46)47)50-39(54)25-14-13-24-27(34(25)40(50)55)19-29-36(52)26(21-9-5-3-6-10-21)20-33(51)41(29,22-11-7-4-8-12-22)35(24)28-17-23(43)18-31(56-2)37(28)53/h3-13,15-18,20,25,27,29,34-35,53H,14,19H2,1-2H3. The molecule has 3 aliphatic carbocycles. The van der Waals surface area contributed by atoms with Gasteiger partial charge in [-0.3, -0.25) is 24.2 Å². The van der Waals surface area contributed by atoms with E-state index in [1.807, 2.05) is 6.08 Å². The van der Waals surface area contributed by atoms with Crippen LogP contribution in [0.5, 0.6) is 11.5 Å². The largest absolute Gasteiger partial charge is 0.504 e. The third-order valence-corrected chi connectivity index (χ3v) is 12.4. The molecule has 8 rings (SSSR count). The molecule has 0 radical (unpaired) electrons. The van der Waals surface area contributed by atoms with Crippen LogP contribution in [0.15, 0.2) is 107 Å². The van der Waals surface area contributed by atoms with Crippen molar-refractivity contribution in [1.29, 1.82) is 0 Å². The molecule has 1 aromatic heterocycles. The number of aromatic hydroxyl groups is 1. The van der Waals surface area contributed by atoms with Crippen LogP contribution < -0.4 is 9.75 Å². The van der Waals surface area contributed by atoms with Gasteiger partial charge in [0.2, 0.25) is 0 Å². The number of alkyl halides is 3. The van der Waals surface area contributed by atoms with Crippen LogP contribution in [0.25, 0.3) is 5.57 Å². The lowest BCUT2D eigenvalue weighted by atomic mass is 9.44. The lowest BCUT2D eigenvalue weighted by molar-refractivity contribution is -0.141. The van der Waals surface area contributed by atoms with E-state index in [2.05, 4.69) is 20.9 Å². The predicted molar refractivity (Wildman–Crippen MR) is 203 cm³/mol. The van der Waals surface area contributed by atoms with Crippen LogP contribution in [0, 0.1) is 23.7 Å². The van der Waals surface area contributed by atoms with Gasteiger partial charge in [0.05, 0.1) is 29.4 Å². The molecule has 2 fully saturated rings. The molecule has 56 heavy (non-hydrogen) atoms. The van der Waals surface area contributed by atoms with Crippen molar-refractivity contribution in [2.75, 3.05) is 19.2 Å².